The highest BCUT2D eigenvalue weighted by Gasteiger charge is 2.42. The molecule has 0 unspecified atom stereocenters. The van der Waals surface area contributed by atoms with Gasteiger partial charge in [0.15, 0.2) is 0 Å². The Morgan fingerprint density at radius 1 is 1.19 bits per heavy atom. The lowest BCUT2D eigenvalue weighted by atomic mass is 9.87. The molecule has 0 aromatic heterocycles. The number of anilines is 2. The summed E-state index contributed by atoms with van der Waals surface area (Å²) in [5.41, 5.74) is 13.2. The first kappa shape index (κ1) is 16.7. The summed E-state index contributed by atoms with van der Waals surface area (Å²) in [6.45, 7) is 0. The van der Waals surface area contributed by atoms with Crippen LogP contribution in [-0.4, -0.2) is 29.7 Å². The fourth-order valence-electron chi connectivity index (χ4n) is 3.80. The molecule has 0 radical (unpaired) electrons. The smallest absolute Gasteiger partial charge is 0.319 e. The SMILES string of the molecule is NC1=NC2(CCCCC2)N(c2cccc(NC(=O)NC3CC3)c2)C(N)=N1. The summed E-state index contributed by atoms with van der Waals surface area (Å²) >= 11 is 0. The monoisotopic (exact) mass is 355 g/mol. The first-order valence-corrected chi connectivity index (χ1v) is 9.23. The molecule has 6 N–H and O–H groups in total. The Balaban J connectivity index is 1.61. The minimum atomic E-state index is -0.483. The average molecular weight is 355 g/mol. The van der Waals surface area contributed by atoms with E-state index in [0.29, 0.717) is 17.7 Å². The quantitative estimate of drug-likeness (QED) is 0.663. The highest BCUT2D eigenvalue weighted by molar-refractivity contribution is 6.06. The number of nitrogens with one attached hydrogen (secondary N) is 2. The van der Waals surface area contributed by atoms with Gasteiger partial charge in [0, 0.05) is 17.4 Å². The number of hydrogen-bond donors (Lipinski definition) is 4. The summed E-state index contributed by atoms with van der Waals surface area (Å²) in [7, 11) is 0. The number of carbonyl (C=O) groups is 1. The van der Waals surface area contributed by atoms with Crippen LogP contribution in [0.2, 0.25) is 0 Å². The van der Waals surface area contributed by atoms with E-state index in [1.54, 1.807) is 0 Å². The van der Waals surface area contributed by atoms with Crippen LogP contribution in [-0.2, 0) is 0 Å². The van der Waals surface area contributed by atoms with E-state index in [0.717, 1.165) is 44.2 Å². The Bertz CT molecular complexity index is 763. The second-order valence-corrected chi connectivity index (χ2v) is 7.24. The molecule has 2 saturated carbocycles. The molecule has 26 heavy (non-hydrogen) atoms. The number of nitrogens with zero attached hydrogens (tertiary/aromatic N) is 3. The number of amides is 2. The third-order valence-corrected chi connectivity index (χ3v) is 5.13. The number of rotatable bonds is 3. The van der Waals surface area contributed by atoms with Crippen molar-refractivity contribution in [2.45, 2.75) is 56.7 Å². The minimum Gasteiger partial charge on any atom is -0.369 e. The van der Waals surface area contributed by atoms with Gasteiger partial charge in [-0.2, -0.15) is 4.99 Å². The molecule has 0 atom stereocenters. The van der Waals surface area contributed by atoms with E-state index in [1.165, 1.54) is 6.42 Å². The molecule has 1 heterocycles. The molecule has 1 aliphatic heterocycles. The van der Waals surface area contributed by atoms with Gasteiger partial charge in [0.1, 0.15) is 5.66 Å². The van der Waals surface area contributed by atoms with Gasteiger partial charge in [-0.05, 0) is 56.7 Å². The van der Waals surface area contributed by atoms with E-state index in [2.05, 4.69) is 20.6 Å². The molecule has 2 amide bonds. The maximum Gasteiger partial charge on any atom is 0.319 e. The fourth-order valence-corrected chi connectivity index (χ4v) is 3.80. The molecule has 0 saturated heterocycles. The summed E-state index contributed by atoms with van der Waals surface area (Å²) in [4.78, 5) is 22.8. The fraction of sp³-hybridized carbons (Fsp3) is 0.500. The van der Waals surface area contributed by atoms with Crippen LogP contribution in [0.15, 0.2) is 34.3 Å². The van der Waals surface area contributed by atoms with Crippen molar-refractivity contribution in [2.24, 2.45) is 21.5 Å². The van der Waals surface area contributed by atoms with Crippen LogP contribution in [0, 0.1) is 0 Å². The highest BCUT2D eigenvalue weighted by Crippen LogP contribution is 2.39. The predicted molar refractivity (Wildman–Crippen MR) is 103 cm³/mol. The standard InChI is InChI=1S/C18H25N7O/c19-15-23-16(20)25(18(24-15)9-2-1-3-10-18)14-6-4-5-13(11-14)22-17(26)21-12-7-8-12/h4-6,11-12H,1-3,7-10H2,(H2,21,22,26)(H4,19,20,23,24). The predicted octanol–water partition coefficient (Wildman–Crippen LogP) is 2.08. The number of aliphatic imine (C=N–C) groups is 2. The van der Waals surface area contributed by atoms with Crippen LogP contribution in [0.5, 0.6) is 0 Å². The Morgan fingerprint density at radius 2 is 1.96 bits per heavy atom. The van der Waals surface area contributed by atoms with Gasteiger partial charge in [-0.25, -0.2) is 9.79 Å². The van der Waals surface area contributed by atoms with Crippen LogP contribution in [0.1, 0.15) is 44.9 Å². The minimum absolute atomic E-state index is 0.181. The number of urea groups is 1. The molecule has 8 nitrogen and oxygen atoms in total. The van der Waals surface area contributed by atoms with Gasteiger partial charge in [0.2, 0.25) is 11.9 Å². The maximum absolute atomic E-state index is 12.0. The van der Waals surface area contributed by atoms with Crippen molar-refractivity contribution in [2.75, 3.05) is 10.2 Å². The Labute approximate surface area is 152 Å². The molecule has 1 spiro atoms. The van der Waals surface area contributed by atoms with Crippen LogP contribution in [0.4, 0.5) is 16.2 Å². The van der Waals surface area contributed by atoms with Crippen LogP contribution >= 0.6 is 0 Å². The van der Waals surface area contributed by atoms with Crippen molar-refractivity contribution >= 4 is 29.3 Å². The van der Waals surface area contributed by atoms with Crippen molar-refractivity contribution in [3.63, 3.8) is 0 Å². The van der Waals surface area contributed by atoms with Crippen molar-refractivity contribution < 1.29 is 4.79 Å². The topological polar surface area (TPSA) is 121 Å². The molecular formula is C18H25N7O. The van der Waals surface area contributed by atoms with Crippen LogP contribution in [0.25, 0.3) is 0 Å². The Kier molecular flexibility index (Phi) is 4.18. The third-order valence-electron chi connectivity index (χ3n) is 5.13. The average Bonchev–Trinajstić information content (AvgIpc) is 3.39. The van der Waals surface area contributed by atoms with Gasteiger partial charge in [0.25, 0.3) is 0 Å². The molecule has 3 aliphatic rings. The second kappa shape index (κ2) is 6.51. The second-order valence-electron chi connectivity index (χ2n) is 7.24. The highest BCUT2D eigenvalue weighted by atomic mass is 16.2. The van der Waals surface area contributed by atoms with Gasteiger partial charge < -0.3 is 22.1 Å². The molecule has 138 valence electrons. The van der Waals surface area contributed by atoms with Gasteiger partial charge in [-0.15, -0.1) is 0 Å². The molecule has 4 rings (SSSR count). The van der Waals surface area contributed by atoms with Gasteiger partial charge in [0.05, 0.1) is 0 Å². The van der Waals surface area contributed by atoms with Crippen molar-refractivity contribution in [1.82, 2.24) is 5.32 Å². The normalized spacial score (nSPS) is 21.8. The lowest BCUT2D eigenvalue weighted by Crippen LogP contribution is -2.58. The van der Waals surface area contributed by atoms with E-state index >= 15 is 0 Å². The Morgan fingerprint density at radius 3 is 2.69 bits per heavy atom. The zero-order valence-corrected chi connectivity index (χ0v) is 14.7. The Hall–Kier alpha value is -2.77. The van der Waals surface area contributed by atoms with E-state index in [-0.39, 0.29) is 12.0 Å². The van der Waals surface area contributed by atoms with Crippen LogP contribution < -0.4 is 27.0 Å². The molecular weight excluding hydrogens is 330 g/mol. The summed E-state index contributed by atoms with van der Waals surface area (Å²) in [5, 5.41) is 5.81. The van der Waals surface area contributed by atoms with Crippen LogP contribution in [0.3, 0.4) is 0 Å². The van der Waals surface area contributed by atoms with Gasteiger partial charge in [-0.1, -0.05) is 12.5 Å². The molecule has 0 bridgehead atoms. The van der Waals surface area contributed by atoms with E-state index < -0.39 is 5.66 Å². The first-order chi connectivity index (χ1) is 12.6. The molecule has 1 aromatic carbocycles. The third kappa shape index (κ3) is 3.31. The molecule has 2 aliphatic carbocycles. The van der Waals surface area contributed by atoms with E-state index in [1.807, 2.05) is 29.2 Å². The van der Waals surface area contributed by atoms with Gasteiger partial charge >= 0.3 is 6.03 Å². The number of benzene rings is 1. The number of carbonyl (C=O) groups excluding carboxylic acids is 1. The molecule has 2 fully saturated rings. The summed E-state index contributed by atoms with van der Waals surface area (Å²) in [6.07, 6.45) is 7.19. The largest absolute Gasteiger partial charge is 0.369 e. The first-order valence-electron chi connectivity index (χ1n) is 9.23. The number of hydrogen-bond acceptors (Lipinski definition) is 6. The molecule has 1 aromatic rings. The maximum atomic E-state index is 12.0. The lowest BCUT2D eigenvalue weighted by Gasteiger charge is -2.45. The van der Waals surface area contributed by atoms with Crippen molar-refractivity contribution in [3.8, 4) is 0 Å². The summed E-state index contributed by atoms with van der Waals surface area (Å²) in [6, 6.07) is 7.75. The lowest BCUT2D eigenvalue weighted by molar-refractivity contribution is 0.251. The zero-order chi connectivity index (χ0) is 18.1. The summed E-state index contributed by atoms with van der Waals surface area (Å²) in [5.74, 6) is 0.581. The number of guanidine groups is 2. The van der Waals surface area contributed by atoms with E-state index in [9.17, 15) is 4.79 Å². The summed E-state index contributed by atoms with van der Waals surface area (Å²) < 4.78 is 0. The molecule has 8 heteroatoms. The zero-order valence-electron chi connectivity index (χ0n) is 14.7. The number of nitrogens with two attached hydrogens (primary N) is 2. The van der Waals surface area contributed by atoms with Crippen molar-refractivity contribution in [3.05, 3.63) is 24.3 Å². The van der Waals surface area contributed by atoms with Gasteiger partial charge in [-0.3, -0.25) is 4.90 Å². The van der Waals surface area contributed by atoms with E-state index in [4.69, 9.17) is 11.5 Å². The van der Waals surface area contributed by atoms with Crippen molar-refractivity contribution in [1.29, 1.82) is 0 Å².